The molecule has 1 aromatic heterocycles. The summed E-state index contributed by atoms with van der Waals surface area (Å²) in [5, 5.41) is 21.4. The highest BCUT2D eigenvalue weighted by Gasteiger charge is 2.55. The van der Waals surface area contributed by atoms with Gasteiger partial charge in [-0.2, -0.15) is 0 Å². The van der Waals surface area contributed by atoms with Gasteiger partial charge in [0.2, 0.25) is 0 Å². The Morgan fingerprint density at radius 1 is 1.14 bits per heavy atom. The van der Waals surface area contributed by atoms with Gasteiger partial charge in [-0.1, -0.05) is 26.8 Å². The lowest BCUT2D eigenvalue weighted by molar-refractivity contribution is -0.296. The molecule has 1 aromatic rings. The molecule has 3 aliphatic heterocycles. The van der Waals surface area contributed by atoms with Crippen LogP contribution < -0.4 is 16.0 Å². The minimum absolute atomic E-state index is 0.00419. The molecular weight excluding hydrogens is 646 g/mol. The van der Waals surface area contributed by atoms with E-state index in [0.717, 1.165) is 0 Å². The number of rotatable bonds is 8. The van der Waals surface area contributed by atoms with E-state index in [0.29, 0.717) is 38.2 Å². The summed E-state index contributed by atoms with van der Waals surface area (Å²) < 4.78 is 31.1. The van der Waals surface area contributed by atoms with Crippen molar-refractivity contribution in [2.24, 2.45) is 17.8 Å². The van der Waals surface area contributed by atoms with E-state index in [4.69, 9.17) is 23.7 Å². The van der Waals surface area contributed by atoms with Gasteiger partial charge >= 0.3 is 12.1 Å². The molecule has 50 heavy (non-hydrogen) atoms. The molecule has 3 saturated heterocycles. The molecule has 282 valence electrons. The van der Waals surface area contributed by atoms with Crippen LogP contribution in [0.2, 0.25) is 0 Å². The molecule has 0 radical (unpaired) electrons. The molecule has 13 atom stereocenters. The van der Waals surface area contributed by atoms with Crippen LogP contribution in [0.15, 0.2) is 24.4 Å². The molecule has 3 unspecified atom stereocenters. The lowest BCUT2D eigenvalue weighted by atomic mass is 9.78. The third kappa shape index (κ3) is 8.76. The fourth-order valence-electron chi connectivity index (χ4n) is 7.84. The highest BCUT2D eigenvalue weighted by molar-refractivity contribution is 6.00. The monoisotopic (exact) mass is 705 g/mol. The van der Waals surface area contributed by atoms with Crippen molar-refractivity contribution in [2.75, 3.05) is 39.6 Å². The van der Waals surface area contributed by atoms with Crippen LogP contribution in [-0.4, -0.2) is 127 Å². The molecule has 4 rings (SSSR count). The van der Waals surface area contributed by atoms with Gasteiger partial charge in [0.15, 0.2) is 17.7 Å². The van der Waals surface area contributed by atoms with E-state index < -0.39 is 71.5 Å². The van der Waals surface area contributed by atoms with Crippen molar-refractivity contribution in [3.05, 3.63) is 24.4 Å². The number of amides is 1. The van der Waals surface area contributed by atoms with Crippen LogP contribution in [-0.2, 0) is 33.3 Å². The number of ether oxygens (including phenoxy) is 5. The number of pyridine rings is 1. The van der Waals surface area contributed by atoms with Crippen LogP contribution in [0.3, 0.4) is 0 Å². The Labute approximate surface area is 296 Å². The number of nitrogens with zero attached hydrogens (tertiary/aromatic N) is 2. The standard InChI is InChI=1S/C36H59N5O9/c1-11-26-36(7)30(40-34(45)50-36)23(5)38-18-20(2)17-35(6,46-10)31(21(3)28(42)22(4)32(44)48-26)49-33-29(43)25(41(8)9)16-24(47-33)19-39-27-14-12-13-15-37-27/h12-15,20-26,29-31,33,38,43H,11,16-19H2,1-10H3,(H,37,39)(H,40,45)/t20-,21+,22?,23-,24+,25?,26+,29?,30-,31-,33+,35-,36-/m1/s1. The summed E-state index contributed by atoms with van der Waals surface area (Å²) in [5.41, 5.74) is -2.22. The first-order valence-corrected chi connectivity index (χ1v) is 17.9. The lowest BCUT2D eigenvalue weighted by Crippen LogP contribution is -2.60. The fraction of sp³-hybridized carbons (Fsp3) is 0.778. The number of likely N-dealkylation sites (N-methyl/N-ethyl adjacent to an activating group) is 1. The maximum atomic E-state index is 14.2. The molecule has 14 nitrogen and oxygen atoms in total. The largest absolute Gasteiger partial charge is 0.458 e. The molecular formula is C36H59N5O9. The smallest absolute Gasteiger partial charge is 0.408 e. The van der Waals surface area contributed by atoms with Crippen LogP contribution in [0.1, 0.15) is 67.7 Å². The Kier molecular flexibility index (Phi) is 13.3. The second-order valence-corrected chi connectivity index (χ2v) is 15.0. The fourth-order valence-corrected chi connectivity index (χ4v) is 7.84. The lowest BCUT2D eigenvalue weighted by Gasteiger charge is -2.47. The molecule has 0 aliphatic carbocycles. The minimum atomic E-state index is -1.17. The van der Waals surface area contributed by atoms with E-state index in [9.17, 15) is 19.5 Å². The van der Waals surface area contributed by atoms with E-state index >= 15 is 0 Å². The third-order valence-electron chi connectivity index (χ3n) is 10.9. The van der Waals surface area contributed by atoms with Gasteiger partial charge in [0.25, 0.3) is 0 Å². The Morgan fingerprint density at radius 2 is 1.86 bits per heavy atom. The van der Waals surface area contributed by atoms with Gasteiger partial charge < -0.3 is 49.6 Å². The topological polar surface area (TPSA) is 170 Å². The number of fused-ring (bicyclic) bond motifs is 1. The van der Waals surface area contributed by atoms with Crippen LogP contribution in [0.5, 0.6) is 0 Å². The number of anilines is 1. The van der Waals surface area contributed by atoms with E-state index in [-0.39, 0.29) is 24.1 Å². The van der Waals surface area contributed by atoms with Gasteiger partial charge in [-0.15, -0.1) is 0 Å². The molecule has 0 saturated carbocycles. The molecule has 3 aliphatic rings. The number of aromatic nitrogens is 1. The number of cyclic esters (lactones) is 1. The molecule has 0 aromatic carbocycles. The van der Waals surface area contributed by atoms with Crippen LogP contribution in [0.4, 0.5) is 10.6 Å². The maximum absolute atomic E-state index is 14.2. The number of Topliss-reactive ketones (excluding diaryl/α,β-unsaturated/α-hetero) is 1. The Morgan fingerprint density at radius 3 is 2.48 bits per heavy atom. The van der Waals surface area contributed by atoms with E-state index in [1.165, 1.54) is 6.92 Å². The summed E-state index contributed by atoms with van der Waals surface area (Å²) >= 11 is 0. The first kappa shape index (κ1) is 39.9. The van der Waals surface area contributed by atoms with Crippen LogP contribution in [0, 0.1) is 17.8 Å². The highest BCUT2D eigenvalue weighted by Crippen LogP contribution is 2.37. The third-order valence-corrected chi connectivity index (χ3v) is 10.9. The van der Waals surface area contributed by atoms with Crippen molar-refractivity contribution >= 4 is 23.7 Å². The van der Waals surface area contributed by atoms with Crippen LogP contribution >= 0.6 is 0 Å². The molecule has 0 spiro atoms. The number of esters is 1. The zero-order valence-electron chi connectivity index (χ0n) is 31.3. The van der Waals surface area contributed by atoms with Gasteiger partial charge in [-0.25, -0.2) is 9.78 Å². The van der Waals surface area contributed by atoms with Crippen molar-refractivity contribution in [1.82, 2.24) is 20.5 Å². The number of hydrogen-bond donors (Lipinski definition) is 4. The Balaban J connectivity index is 1.67. The second-order valence-electron chi connectivity index (χ2n) is 15.0. The van der Waals surface area contributed by atoms with Crippen molar-refractivity contribution < 1.29 is 43.2 Å². The Hall–Kier alpha value is -2.88. The second kappa shape index (κ2) is 16.6. The molecule has 4 N–H and O–H groups in total. The zero-order valence-corrected chi connectivity index (χ0v) is 31.3. The average Bonchev–Trinajstić information content (AvgIpc) is 3.41. The van der Waals surface area contributed by atoms with Gasteiger partial charge in [0, 0.05) is 37.9 Å². The SMILES string of the molecule is CC[C@@H]1OC(=O)C(C)C(=O)[C@H](C)[C@@H](O[C@@H]2O[C@H](CNc3ccccn3)CC(N(C)C)C2O)[C@](C)(OC)C[C@@H](C)CN[C@H](C)[C@H]2NC(=O)O[C@]12C. The molecule has 3 fully saturated rings. The van der Waals surface area contributed by atoms with Gasteiger partial charge in [-0.3, -0.25) is 9.59 Å². The highest BCUT2D eigenvalue weighted by atomic mass is 16.7. The van der Waals surface area contributed by atoms with E-state index in [1.54, 1.807) is 27.2 Å². The number of carbonyl (C=O) groups excluding carboxylic acids is 3. The van der Waals surface area contributed by atoms with E-state index in [2.05, 4.69) is 27.9 Å². The number of nitrogens with one attached hydrogen (secondary N) is 3. The Bertz CT molecular complexity index is 1310. The molecule has 1 amide bonds. The van der Waals surface area contributed by atoms with Crippen molar-refractivity contribution in [3.63, 3.8) is 0 Å². The number of alkyl carbamates (subject to hydrolysis) is 1. The molecule has 14 heteroatoms. The van der Waals surface area contributed by atoms with Crippen molar-refractivity contribution in [2.45, 2.75) is 128 Å². The van der Waals surface area contributed by atoms with Crippen molar-refractivity contribution in [3.8, 4) is 0 Å². The summed E-state index contributed by atoms with van der Waals surface area (Å²) in [6, 6.07) is 4.53. The summed E-state index contributed by atoms with van der Waals surface area (Å²) in [7, 11) is 5.37. The summed E-state index contributed by atoms with van der Waals surface area (Å²) in [6.07, 6.45) is -1.77. The number of methoxy groups -OCH3 is 1. The first-order chi connectivity index (χ1) is 23.5. The molecule has 4 heterocycles. The quantitative estimate of drug-likeness (QED) is 0.230. The molecule has 0 bridgehead atoms. The number of aliphatic hydroxyl groups is 1. The summed E-state index contributed by atoms with van der Waals surface area (Å²) in [4.78, 5) is 46.7. The summed E-state index contributed by atoms with van der Waals surface area (Å²) in [5.74, 6) is -2.47. The van der Waals surface area contributed by atoms with Crippen LogP contribution in [0.25, 0.3) is 0 Å². The average molecular weight is 706 g/mol. The predicted molar refractivity (Wildman–Crippen MR) is 186 cm³/mol. The van der Waals surface area contributed by atoms with Gasteiger partial charge in [0.05, 0.1) is 23.9 Å². The number of hydrogen-bond acceptors (Lipinski definition) is 13. The first-order valence-electron chi connectivity index (χ1n) is 17.9. The van der Waals surface area contributed by atoms with Crippen molar-refractivity contribution in [1.29, 1.82) is 0 Å². The number of carbonyl (C=O) groups is 3. The zero-order chi connectivity index (χ0) is 37.0. The normalized spacial score (nSPS) is 40.6. The van der Waals surface area contributed by atoms with E-state index in [1.807, 2.05) is 58.0 Å². The number of ketones is 1. The maximum Gasteiger partial charge on any atom is 0.408 e. The van der Waals surface area contributed by atoms with Gasteiger partial charge in [-0.05, 0) is 85.6 Å². The predicted octanol–water partition coefficient (Wildman–Crippen LogP) is 2.74. The summed E-state index contributed by atoms with van der Waals surface area (Å²) in [6.45, 7) is 13.7. The number of aliphatic hydroxyl groups excluding tert-OH is 1. The minimum Gasteiger partial charge on any atom is -0.458 e. The van der Waals surface area contributed by atoms with Gasteiger partial charge in [0.1, 0.15) is 23.9 Å².